The van der Waals surface area contributed by atoms with Crippen LogP contribution in [0.25, 0.3) is 0 Å². The molecule has 0 aliphatic carbocycles. The predicted octanol–water partition coefficient (Wildman–Crippen LogP) is 3.32. The summed E-state index contributed by atoms with van der Waals surface area (Å²) in [4.78, 5) is 27.4. The minimum Gasteiger partial charge on any atom is -0.492 e. The first-order chi connectivity index (χ1) is 15.0. The van der Waals surface area contributed by atoms with Gasteiger partial charge in [0, 0.05) is 13.1 Å². The maximum absolute atomic E-state index is 12.9. The second kappa shape index (κ2) is 10.9. The van der Waals surface area contributed by atoms with Crippen molar-refractivity contribution in [3.8, 4) is 5.75 Å². The summed E-state index contributed by atoms with van der Waals surface area (Å²) in [6.45, 7) is 6.71. The van der Waals surface area contributed by atoms with Gasteiger partial charge >= 0.3 is 0 Å². The standard InChI is InChI=1S/C23H27N3O4S/c1-16(2)15-30-20-10-6-4-8-18(20)21(27)25-23(31)24-19-9-5-3-7-17(19)22(28)26-11-13-29-14-12-26/h3-10,16H,11-15H2,1-2H3,(H2,24,25,27,31). The fraction of sp³-hybridized carbons (Fsp3) is 0.348. The Morgan fingerprint density at radius 3 is 2.42 bits per heavy atom. The van der Waals surface area contributed by atoms with Crippen LogP contribution >= 0.6 is 12.2 Å². The van der Waals surface area contributed by atoms with Gasteiger partial charge in [0.05, 0.1) is 36.6 Å². The molecule has 1 saturated heterocycles. The number of nitrogens with zero attached hydrogens (tertiary/aromatic N) is 1. The van der Waals surface area contributed by atoms with Gasteiger partial charge in [-0.15, -0.1) is 0 Å². The summed E-state index contributed by atoms with van der Waals surface area (Å²) < 4.78 is 11.1. The van der Waals surface area contributed by atoms with E-state index in [4.69, 9.17) is 21.7 Å². The molecule has 0 saturated carbocycles. The van der Waals surface area contributed by atoms with Crippen molar-refractivity contribution in [1.82, 2.24) is 10.2 Å². The zero-order valence-electron chi connectivity index (χ0n) is 17.7. The average molecular weight is 442 g/mol. The van der Waals surface area contributed by atoms with E-state index in [1.54, 1.807) is 47.4 Å². The van der Waals surface area contributed by atoms with Crippen LogP contribution in [0, 0.1) is 5.92 Å². The molecule has 0 aromatic heterocycles. The van der Waals surface area contributed by atoms with E-state index in [0.717, 1.165) is 0 Å². The molecule has 8 heteroatoms. The maximum Gasteiger partial charge on any atom is 0.261 e. The number of carbonyl (C=O) groups excluding carboxylic acids is 2. The second-order valence-corrected chi connectivity index (χ2v) is 7.97. The van der Waals surface area contributed by atoms with Gasteiger partial charge < -0.3 is 19.7 Å². The molecular formula is C23H27N3O4S. The normalized spacial score (nSPS) is 13.6. The number of morpholine rings is 1. The van der Waals surface area contributed by atoms with Crippen molar-refractivity contribution < 1.29 is 19.1 Å². The van der Waals surface area contributed by atoms with Crippen molar-refractivity contribution in [1.29, 1.82) is 0 Å². The number of amides is 2. The van der Waals surface area contributed by atoms with Crippen molar-refractivity contribution in [2.75, 3.05) is 38.2 Å². The highest BCUT2D eigenvalue weighted by atomic mass is 32.1. The average Bonchev–Trinajstić information content (AvgIpc) is 2.78. The number of nitrogens with one attached hydrogen (secondary N) is 2. The van der Waals surface area contributed by atoms with Gasteiger partial charge in [0.2, 0.25) is 0 Å². The van der Waals surface area contributed by atoms with E-state index in [-0.39, 0.29) is 16.9 Å². The van der Waals surface area contributed by atoms with Gasteiger partial charge in [0.25, 0.3) is 11.8 Å². The third kappa shape index (κ3) is 6.26. The number of thiocarbonyl (C=S) groups is 1. The summed E-state index contributed by atoms with van der Waals surface area (Å²) in [6.07, 6.45) is 0. The summed E-state index contributed by atoms with van der Waals surface area (Å²) in [6, 6.07) is 14.1. The molecule has 1 fully saturated rings. The number of hydrogen-bond acceptors (Lipinski definition) is 5. The number of anilines is 1. The third-order valence-electron chi connectivity index (χ3n) is 4.63. The summed E-state index contributed by atoms with van der Waals surface area (Å²) in [5.41, 5.74) is 1.42. The molecule has 1 aliphatic rings. The van der Waals surface area contributed by atoms with Crippen molar-refractivity contribution in [3.05, 3.63) is 59.7 Å². The highest BCUT2D eigenvalue weighted by Crippen LogP contribution is 2.20. The quantitative estimate of drug-likeness (QED) is 0.670. The Hall–Kier alpha value is -2.97. The van der Waals surface area contributed by atoms with Gasteiger partial charge in [0.15, 0.2) is 5.11 Å². The third-order valence-corrected chi connectivity index (χ3v) is 4.84. The topological polar surface area (TPSA) is 79.9 Å². The molecule has 164 valence electrons. The number of carbonyl (C=O) groups is 2. The Morgan fingerprint density at radius 2 is 1.71 bits per heavy atom. The number of para-hydroxylation sites is 2. The monoisotopic (exact) mass is 441 g/mol. The van der Waals surface area contributed by atoms with Gasteiger partial charge in [-0.3, -0.25) is 14.9 Å². The largest absolute Gasteiger partial charge is 0.492 e. The van der Waals surface area contributed by atoms with Crippen molar-refractivity contribution in [2.24, 2.45) is 5.92 Å². The molecule has 2 aromatic rings. The molecule has 7 nitrogen and oxygen atoms in total. The van der Waals surface area contributed by atoms with Crippen LogP contribution in [-0.4, -0.2) is 54.7 Å². The van der Waals surface area contributed by atoms with Crippen LogP contribution in [0.2, 0.25) is 0 Å². The highest BCUT2D eigenvalue weighted by Gasteiger charge is 2.21. The van der Waals surface area contributed by atoms with Crippen LogP contribution in [0.3, 0.4) is 0 Å². The lowest BCUT2D eigenvalue weighted by atomic mass is 10.1. The Labute approximate surface area is 187 Å². The molecule has 2 N–H and O–H groups in total. The molecule has 2 aromatic carbocycles. The summed E-state index contributed by atoms with van der Waals surface area (Å²) in [5.74, 6) is 0.348. The predicted molar refractivity (Wildman–Crippen MR) is 124 cm³/mol. The van der Waals surface area contributed by atoms with Crippen molar-refractivity contribution in [2.45, 2.75) is 13.8 Å². The van der Waals surface area contributed by atoms with E-state index in [0.29, 0.717) is 61.4 Å². The van der Waals surface area contributed by atoms with E-state index in [9.17, 15) is 9.59 Å². The number of rotatable bonds is 6. The van der Waals surface area contributed by atoms with Gasteiger partial charge in [-0.1, -0.05) is 38.1 Å². The summed E-state index contributed by atoms with van der Waals surface area (Å²) in [5, 5.41) is 5.76. The van der Waals surface area contributed by atoms with E-state index >= 15 is 0 Å². The van der Waals surface area contributed by atoms with E-state index in [2.05, 4.69) is 10.6 Å². The minimum absolute atomic E-state index is 0.103. The summed E-state index contributed by atoms with van der Waals surface area (Å²) >= 11 is 5.34. The smallest absolute Gasteiger partial charge is 0.261 e. The van der Waals surface area contributed by atoms with Crippen LogP contribution in [0.15, 0.2) is 48.5 Å². The van der Waals surface area contributed by atoms with E-state index < -0.39 is 0 Å². The van der Waals surface area contributed by atoms with Crippen LogP contribution < -0.4 is 15.4 Å². The first-order valence-electron chi connectivity index (χ1n) is 10.3. The minimum atomic E-state index is -0.381. The van der Waals surface area contributed by atoms with Crippen LogP contribution in [-0.2, 0) is 4.74 Å². The van der Waals surface area contributed by atoms with E-state index in [1.165, 1.54) is 0 Å². The summed E-state index contributed by atoms with van der Waals surface area (Å²) in [7, 11) is 0. The first kappa shape index (κ1) is 22.7. The molecular weight excluding hydrogens is 414 g/mol. The molecule has 0 atom stereocenters. The Bertz CT molecular complexity index is 942. The Morgan fingerprint density at radius 1 is 1.06 bits per heavy atom. The number of hydrogen-bond donors (Lipinski definition) is 2. The van der Waals surface area contributed by atoms with Crippen molar-refractivity contribution in [3.63, 3.8) is 0 Å². The fourth-order valence-electron chi connectivity index (χ4n) is 3.08. The van der Waals surface area contributed by atoms with Crippen molar-refractivity contribution >= 4 is 34.8 Å². The zero-order valence-corrected chi connectivity index (χ0v) is 18.5. The molecule has 1 heterocycles. The fourth-order valence-corrected chi connectivity index (χ4v) is 3.28. The van der Waals surface area contributed by atoms with Gasteiger partial charge in [0.1, 0.15) is 5.75 Å². The van der Waals surface area contributed by atoms with Crippen LogP contribution in [0.4, 0.5) is 5.69 Å². The lowest BCUT2D eigenvalue weighted by Crippen LogP contribution is -2.41. The molecule has 1 aliphatic heterocycles. The molecule has 0 radical (unpaired) electrons. The van der Waals surface area contributed by atoms with Crippen LogP contribution in [0.1, 0.15) is 34.6 Å². The van der Waals surface area contributed by atoms with Crippen LogP contribution in [0.5, 0.6) is 5.75 Å². The highest BCUT2D eigenvalue weighted by molar-refractivity contribution is 7.80. The lowest BCUT2D eigenvalue weighted by molar-refractivity contribution is 0.0303. The SMILES string of the molecule is CC(C)COc1ccccc1C(=O)NC(=S)Nc1ccccc1C(=O)N1CCOCC1. The van der Waals surface area contributed by atoms with Gasteiger partial charge in [-0.05, 0) is 42.4 Å². The Kier molecular flexibility index (Phi) is 7.97. The molecule has 2 amide bonds. The zero-order chi connectivity index (χ0) is 22.2. The molecule has 0 spiro atoms. The second-order valence-electron chi connectivity index (χ2n) is 7.56. The Balaban J connectivity index is 1.68. The van der Waals surface area contributed by atoms with Gasteiger partial charge in [-0.2, -0.15) is 0 Å². The number of ether oxygens (including phenoxy) is 2. The first-order valence-corrected chi connectivity index (χ1v) is 10.7. The molecule has 31 heavy (non-hydrogen) atoms. The maximum atomic E-state index is 12.9. The van der Waals surface area contributed by atoms with Gasteiger partial charge in [-0.25, -0.2) is 0 Å². The van der Waals surface area contributed by atoms with E-state index in [1.807, 2.05) is 19.9 Å². The molecule has 3 rings (SSSR count). The lowest BCUT2D eigenvalue weighted by Gasteiger charge is -2.27. The molecule has 0 unspecified atom stereocenters. The number of benzene rings is 2. The molecule has 0 bridgehead atoms.